The lowest BCUT2D eigenvalue weighted by atomic mass is 10.0. The molecule has 0 N–H and O–H groups in total. The molecule has 0 fully saturated rings. The Morgan fingerprint density at radius 1 is 1.50 bits per heavy atom. The van der Waals surface area contributed by atoms with E-state index in [4.69, 9.17) is 4.74 Å². The van der Waals surface area contributed by atoms with E-state index in [1.165, 1.54) is 11.6 Å². The highest BCUT2D eigenvalue weighted by Gasteiger charge is 2.09. The fourth-order valence-electron chi connectivity index (χ4n) is 1.64. The lowest BCUT2D eigenvalue weighted by Crippen LogP contribution is -2.08. The van der Waals surface area contributed by atoms with Gasteiger partial charge in [0.25, 0.3) is 0 Å². The summed E-state index contributed by atoms with van der Waals surface area (Å²) in [5.41, 5.74) is 2.26. The molecular weight excluding hydrogens is 178 g/mol. The molecule has 1 heterocycles. The Morgan fingerprint density at radius 2 is 2.43 bits per heavy atom. The summed E-state index contributed by atoms with van der Waals surface area (Å²) in [4.78, 5) is 13.5. The van der Waals surface area contributed by atoms with Crippen LogP contribution in [0.25, 0.3) is 0 Å². The second kappa shape index (κ2) is 4.07. The first-order valence-corrected chi connectivity index (χ1v) is 4.68. The zero-order valence-corrected chi connectivity index (χ0v) is 7.82. The molecule has 0 atom stereocenters. The van der Waals surface area contributed by atoms with Crippen molar-refractivity contribution in [3.63, 3.8) is 0 Å². The van der Waals surface area contributed by atoms with Gasteiger partial charge in [-0.1, -0.05) is 12.1 Å². The quantitative estimate of drug-likeness (QED) is 0.526. The smallest absolute Gasteiger partial charge is 0.235 e. The van der Waals surface area contributed by atoms with Crippen LogP contribution in [0.3, 0.4) is 0 Å². The van der Waals surface area contributed by atoms with Gasteiger partial charge in [-0.2, -0.15) is 0 Å². The van der Waals surface area contributed by atoms with Crippen molar-refractivity contribution in [1.82, 2.24) is 0 Å². The van der Waals surface area contributed by atoms with E-state index in [0.717, 1.165) is 30.8 Å². The first-order valence-electron chi connectivity index (χ1n) is 4.68. The van der Waals surface area contributed by atoms with Crippen molar-refractivity contribution in [2.45, 2.75) is 19.4 Å². The Balaban J connectivity index is 2.24. The maximum absolute atomic E-state index is 9.95. The second-order valence-electron chi connectivity index (χ2n) is 3.30. The van der Waals surface area contributed by atoms with Crippen LogP contribution < -0.4 is 4.74 Å². The Morgan fingerprint density at radius 3 is 3.29 bits per heavy atom. The number of ether oxygens (including phenoxy) is 1. The topological polar surface area (TPSA) is 38.7 Å². The van der Waals surface area contributed by atoms with Gasteiger partial charge < -0.3 is 4.74 Å². The monoisotopic (exact) mass is 189 g/mol. The van der Waals surface area contributed by atoms with Gasteiger partial charge in [0.1, 0.15) is 5.75 Å². The average molecular weight is 189 g/mol. The molecule has 0 bridgehead atoms. The molecule has 0 unspecified atom stereocenters. The van der Waals surface area contributed by atoms with Crippen molar-refractivity contribution < 1.29 is 9.53 Å². The molecule has 0 aliphatic carbocycles. The van der Waals surface area contributed by atoms with Crippen LogP contribution in [0.4, 0.5) is 0 Å². The summed E-state index contributed by atoms with van der Waals surface area (Å²) in [6.45, 7) is 1.22. The minimum Gasteiger partial charge on any atom is -0.493 e. The van der Waals surface area contributed by atoms with E-state index in [9.17, 15) is 4.79 Å². The van der Waals surface area contributed by atoms with Crippen molar-refractivity contribution >= 4 is 6.08 Å². The molecule has 1 aromatic rings. The summed E-state index contributed by atoms with van der Waals surface area (Å²) in [5, 5.41) is 0. The molecule has 0 amide bonds. The number of hydrogen-bond acceptors (Lipinski definition) is 3. The van der Waals surface area contributed by atoms with Gasteiger partial charge in [0.15, 0.2) is 0 Å². The molecule has 0 saturated carbocycles. The van der Waals surface area contributed by atoms with E-state index in [2.05, 4.69) is 11.1 Å². The van der Waals surface area contributed by atoms with Crippen molar-refractivity contribution in [3.8, 4) is 5.75 Å². The van der Waals surface area contributed by atoms with Crippen molar-refractivity contribution in [1.29, 1.82) is 0 Å². The minimum absolute atomic E-state index is 0.413. The first kappa shape index (κ1) is 8.97. The number of benzene rings is 1. The fourth-order valence-corrected chi connectivity index (χ4v) is 1.64. The molecule has 0 radical (unpaired) electrons. The van der Waals surface area contributed by atoms with Gasteiger partial charge in [-0.15, -0.1) is 0 Å². The van der Waals surface area contributed by atoms with E-state index in [1.54, 1.807) is 0 Å². The number of isocyanates is 1. The zero-order valence-electron chi connectivity index (χ0n) is 7.82. The predicted molar refractivity (Wildman–Crippen MR) is 52.1 cm³/mol. The fraction of sp³-hybridized carbons (Fsp3) is 0.364. The van der Waals surface area contributed by atoms with Gasteiger partial charge in [0, 0.05) is 0 Å². The lowest BCUT2D eigenvalue weighted by Gasteiger charge is -2.17. The molecule has 1 aliphatic heterocycles. The van der Waals surface area contributed by atoms with E-state index >= 15 is 0 Å². The SMILES string of the molecule is O=C=NCc1ccc2c(c1)CCCO2. The highest BCUT2D eigenvalue weighted by molar-refractivity contribution is 5.39. The third-order valence-electron chi connectivity index (χ3n) is 2.30. The molecule has 0 spiro atoms. The van der Waals surface area contributed by atoms with Crippen LogP contribution in [0.2, 0.25) is 0 Å². The summed E-state index contributed by atoms with van der Waals surface area (Å²) in [7, 11) is 0. The first-order chi connectivity index (χ1) is 6.90. The highest BCUT2D eigenvalue weighted by Crippen LogP contribution is 2.25. The van der Waals surface area contributed by atoms with Crippen LogP contribution in [0.1, 0.15) is 17.5 Å². The maximum Gasteiger partial charge on any atom is 0.235 e. The van der Waals surface area contributed by atoms with E-state index in [0.29, 0.717) is 6.54 Å². The minimum atomic E-state index is 0.413. The van der Waals surface area contributed by atoms with Crippen molar-refractivity contribution in [3.05, 3.63) is 29.3 Å². The van der Waals surface area contributed by atoms with E-state index in [1.807, 2.05) is 12.1 Å². The number of nitrogens with zero attached hydrogens (tertiary/aromatic N) is 1. The number of aliphatic imine (C=N–C) groups is 1. The van der Waals surface area contributed by atoms with Gasteiger partial charge in [-0.05, 0) is 30.0 Å². The zero-order chi connectivity index (χ0) is 9.80. The summed E-state index contributed by atoms with van der Waals surface area (Å²) in [6, 6.07) is 5.93. The van der Waals surface area contributed by atoms with Crippen LogP contribution in [0.5, 0.6) is 5.75 Å². The third kappa shape index (κ3) is 1.83. The number of carbonyl (C=O) groups excluding carboxylic acids is 1. The van der Waals surface area contributed by atoms with Crippen LogP contribution >= 0.6 is 0 Å². The van der Waals surface area contributed by atoms with E-state index in [-0.39, 0.29) is 0 Å². The number of aryl methyl sites for hydroxylation is 1. The van der Waals surface area contributed by atoms with Gasteiger partial charge in [-0.3, -0.25) is 0 Å². The lowest BCUT2D eigenvalue weighted by molar-refractivity contribution is 0.288. The second-order valence-corrected chi connectivity index (χ2v) is 3.30. The summed E-state index contributed by atoms with van der Waals surface area (Å²) >= 11 is 0. The Kier molecular flexibility index (Phi) is 2.61. The van der Waals surface area contributed by atoms with Crippen LogP contribution in [-0.2, 0) is 17.8 Å². The van der Waals surface area contributed by atoms with Crippen LogP contribution in [0, 0.1) is 0 Å². The molecule has 14 heavy (non-hydrogen) atoms. The highest BCUT2D eigenvalue weighted by atomic mass is 16.5. The average Bonchev–Trinajstić information content (AvgIpc) is 2.26. The van der Waals surface area contributed by atoms with E-state index < -0.39 is 0 Å². The number of fused-ring (bicyclic) bond motifs is 1. The Labute approximate surface area is 82.4 Å². The molecule has 0 aromatic heterocycles. The van der Waals surface area contributed by atoms with Crippen LogP contribution in [0.15, 0.2) is 23.2 Å². The van der Waals surface area contributed by atoms with Gasteiger partial charge in [-0.25, -0.2) is 9.79 Å². The Hall–Kier alpha value is -1.60. The van der Waals surface area contributed by atoms with Gasteiger partial charge in [0.05, 0.1) is 13.2 Å². The van der Waals surface area contributed by atoms with Crippen LogP contribution in [-0.4, -0.2) is 12.7 Å². The largest absolute Gasteiger partial charge is 0.493 e. The molecule has 72 valence electrons. The number of hydrogen-bond donors (Lipinski definition) is 0. The molecule has 0 saturated heterocycles. The summed E-state index contributed by atoms with van der Waals surface area (Å²) < 4.78 is 5.47. The Bertz CT molecular complexity index is 381. The van der Waals surface area contributed by atoms with Gasteiger partial charge in [0.2, 0.25) is 6.08 Å². The third-order valence-corrected chi connectivity index (χ3v) is 2.30. The molecule has 2 rings (SSSR count). The molecule has 3 heteroatoms. The van der Waals surface area contributed by atoms with Gasteiger partial charge >= 0.3 is 0 Å². The number of rotatable bonds is 2. The van der Waals surface area contributed by atoms with Crippen molar-refractivity contribution in [2.24, 2.45) is 4.99 Å². The molecule has 3 nitrogen and oxygen atoms in total. The van der Waals surface area contributed by atoms with Crippen molar-refractivity contribution in [2.75, 3.05) is 6.61 Å². The maximum atomic E-state index is 9.95. The molecule has 1 aliphatic rings. The summed E-state index contributed by atoms with van der Waals surface area (Å²) in [5.74, 6) is 0.968. The predicted octanol–water partition coefficient (Wildman–Crippen LogP) is 1.85. The standard InChI is InChI=1S/C11H11NO2/c13-8-12-7-9-3-4-11-10(6-9)2-1-5-14-11/h3-4,6H,1-2,5,7H2. The molecular formula is C11H11NO2. The normalized spacial score (nSPS) is 13.7. The molecule has 1 aromatic carbocycles. The summed E-state index contributed by atoms with van der Waals surface area (Å²) in [6.07, 6.45) is 3.65.